The van der Waals surface area contributed by atoms with E-state index in [2.05, 4.69) is 34.6 Å². The smallest absolute Gasteiger partial charge is 0.343 e. The van der Waals surface area contributed by atoms with E-state index < -0.39 is 8.56 Å². The summed E-state index contributed by atoms with van der Waals surface area (Å²) in [6.07, 6.45) is 10.9. The molecular weight excluding hydrogens is 276 g/mol. The predicted octanol–water partition coefficient (Wildman–Crippen LogP) is 6.30. The Morgan fingerprint density at radius 3 is 1.62 bits per heavy atom. The largest absolute Gasteiger partial charge is 0.397 e. The third-order valence-corrected chi connectivity index (χ3v) is 10.3. The Morgan fingerprint density at radius 1 is 0.810 bits per heavy atom. The predicted molar refractivity (Wildman–Crippen MR) is 96.1 cm³/mol. The Balaban J connectivity index is 4.17. The molecule has 0 aliphatic rings. The molecule has 0 aromatic carbocycles. The molecule has 0 unspecified atom stereocenters. The molecule has 0 aliphatic carbocycles. The van der Waals surface area contributed by atoms with Crippen LogP contribution in [0.25, 0.3) is 0 Å². The monoisotopic (exact) mass is 316 g/mol. The summed E-state index contributed by atoms with van der Waals surface area (Å²) in [6, 6.07) is 1.13. The summed E-state index contributed by atoms with van der Waals surface area (Å²) in [4.78, 5) is 0. The van der Waals surface area contributed by atoms with Crippen molar-refractivity contribution in [3.8, 4) is 0 Å². The maximum absolute atomic E-state index is 5.99. The van der Waals surface area contributed by atoms with Gasteiger partial charge in [-0.2, -0.15) is 0 Å². The Bertz CT molecular complexity index is 248. The van der Waals surface area contributed by atoms with Crippen LogP contribution in [-0.2, 0) is 8.85 Å². The fourth-order valence-electron chi connectivity index (χ4n) is 3.07. The summed E-state index contributed by atoms with van der Waals surface area (Å²) in [5.41, 5.74) is 0. The molecule has 0 atom stereocenters. The van der Waals surface area contributed by atoms with Crippen molar-refractivity contribution in [1.82, 2.24) is 0 Å². The number of unbranched alkanes of at least 4 members (excludes halogenated alkanes) is 7. The summed E-state index contributed by atoms with van der Waals surface area (Å²) in [5, 5.41) is 0.150. The van der Waals surface area contributed by atoms with Gasteiger partial charge in [0.2, 0.25) is 0 Å². The minimum atomic E-state index is -2.12. The molecule has 0 aliphatic heterocycles. The molecule has 0 aromatic rings. The SMILES string of the molecule is CCCCCCCCCC[Si](OC)(OC)C(C)(C)C(C)C. The molecule has 0 radical (unpaired) electrons. The van der Waals surface area contributed by atoms with Crippen LogP contribution in [-0.4, -0.2) is 22.8 Å². The quantitative estimate of drug-likeness (QED) is 0.293. The molecule has 21 heavy (non-hydrogen) atoms. The van der Waals surface area contributed by atoms with E-state index in [1.807, 2.05) is 14.2 Å². The molecule has 0 heterocycles. The average Bonchev–Trinajstić information content (AvgIpc) is 2.46. The van der Waals surface area contributed by atoms with E-state index in [4.69, 9.17) is 8.85 Å². The lowest BCUT2D eigenvalue weighted by atomic mass is 9.99. The molecule has 2 nitrogen and oxygen atoms in total. The minimum Gasteiger partial charge on any atom is -0.397 e. The van der Waals surface area contributed by atoms with E-state index in [0.29, 0.717) is 5.92 Å². The summed E-state index contributed by atoms with van der Waals surface area (Å²) < 4.78 is 12.0. The van der Waals surface area contributed by atoms with Crippen molar-refractivity contribution in [3.05, 3.63) is 0 Å². The van der Waals surface area contributed by atoms with Gasteiger partial charge in [0.05, 0.1) is 0 Å². The maximum atomic E-state index is 5.99. The molecule has 0 amide bonds. The lowest BCUT2D eigenvalue weighted by Crippen LogP contribution is -2.52. The van der Waals surface area contributed by atoms with Crippen molar-refractivity contribution in [2.75, 3.05) is 14.2 Å². The van der Waals surface area contributed by atoms with Crippen LogP contribution in [0.5, 0.6) is 0 Å². The van der Waals surface area contributed by atoms with Crippen LogP contribution >= 0.6 is 0 Å². The highest BCUT2D eigenvalue weighted by Gasteiger charge is 2.51. The zero-order valence-corrected chi connectivity index (χ0v) is 16.8. The van der Waals surface area contributed by atoms with Crippen LogP contribution in [0.15, 0.2) is 0 Å². The molecule has 0 saturated carbocycles. The topological polar surface area (TPSA) is 18.5 Å². The summed E-state index contributed by atoms with van der Waals surface area (Å²) in [5.74, 6) is 0.582. The van der Waals surface area contributed by atoms with Gasteiger partial charge in [0.25, 0.3) is 0 Å². The molecule has 0 saturated heterocycles. The van der Waals surface area contributed by atoms with E-state index >= 15 is 0 Å². The first-order valence-electron chi connectivity index (χ1n) is 8.98. The van der Waals surface area contributed by atoms with Crippen LogP contribution in [0, 0.1) is 5.92 Å². The second-order valence-corrected chi connectivity index (χ2v) is 11.4. The van der Waals surface area contributed by atoms with Gasteiger partial charge >= 0.3 is 8.56 Å². The molecule has 0 rings (SSSR count). The second kappa shape index (κ2) is 10.8. The van der Waals surface area contributed by atoms with E-state index in [0.717, 1.165) is 6.04 Å². The highest BCUT2D eigenvalue weighted by atomic mass is 28.4. The average molecular weight is 317 g/mol. The number of rotatable bonds is 13. The molecule has 128 valence electrons. The highest BCUT2D eigenvalue weighted by molar-refractivity contribution is 6.70. The molecule has 0 aromatic heterocycles. The summed E-state index contributed by atoms with van der Waals surface area (Å²) in [6.45, 7) is 11.5. The fraction of sp³-hybridized carbons (Fsp3) is 1.00. The standard InChI is InChI=1S/C18H40O2Si/c1-8-9-10-11-12-13-14-15-16-21(19-6,20-7)18(4,5)17(2)3/h17H,8-16H2,1-7H3. The normalized spacial score (nSPS) is 13.1. The fourth-order valence-corrected chi connectivity index (χ4v) is 6.93. The Kier molecular flexibility index (Phi) is 10.9. The van der Waals surface area contributed by atoms with Gasteiger partial charge in [-0.3, -0.25) is 0 Å². The van der Waals surface area contributed by atoms with Crippen LogP contribution in [0.4, 0.5) is 0 Å². The lowest BCUT2D eigenvalue weighted by Gasteiger charge is -2.44. The van der Waals surface area contributed by atoms with Crippen molar-refractivity contribution in [2.24, 2.45) is 5.92 Å². The first-order chi connectivity index (χ1) is 9.88. The number of hydrogen-bond acceptors (Lipinski definition) is 2. The van der Waals surface area contributed by atoms with Crippen molar-refractivity contribution in [3.63, 3.8) is 0 Å². The minimum absolute atomic E-state index is 0.150. The van der Waals surface area contributed by atoms with Gasteiger partial charge in [-0.15, -0.1) is 0 Å². The van der Waals surface area contributed by atoms with Gasteiger partial charge in [0.15, 0.2) is 0 Å². The van der Waals surface area contributed by atoms with Gasteiger partial charge < -0.3 is 8.85 Å². The Labute approximate surface area is 135 Å². The molecule has 0 fully saturated rings. The molecule has 0 bridgehead atoms. The van der Waals surface area contributed by atoms with Crippen molar-refractivity contribution in [1.29, 1.82) is 0 Å². The van der Waals surface area contributed by atoms with E-state index in [1.54, 1.807) is 0 Å². The zero-order chi connectivity index (χ0) is 16.4. The summed E-state index contributed by atoms with van der Waals surface area (Å²) >= 11 is 0. The first kappa shape index (κ1) is 21.1. The zero-order valence-electron chi connectivity index (χ0n) is 15.8. The second-order valence-electron chi connectivity index (χ2n) is 7.26. The molecule has 0 spiro atoms. The Morgan fingerprint density at radius 2 is 1.24 bits per heavy atom. The highest BCUT2D eigenvalue weighted by Crippen LogP contribution is 2.47. The third-order valence-electron chi connectivity index (χ3n) is 5.44. The van der Waals surface area contributed by atoms with E-state index in [1.165, 1.54) is 51.4 Å². The lowest BCUT2D eigenvalue weighted by molar-refractivity contribution is 0.190. The van der Waals surface area contributed by atoms with Gasteiger partial charge in [-0.25, -0.2) is 0 Å². The van der Waals surface area contributed by atoms with Gasteiger partial charge in [-0.1, -0.05) is 86.0 Å². The third kappa shape index (κ3) is 6.41. The van der Waals surface area contributed by atoms with Crippen LogP contribution in [0.2, 0.25) is 11.1 Å². The van der Waals surface area contributed by atoms with Gasteiger partial charge in [-0.05, 0) is 12.0 Å². The molecule has 0 N–H and O–H groups in total. The van der Waals surface area contributed by atoms with E-state index in [9.17, 15) is 0 Å². The molecule has 3 heteroatoms. The van der Waals surface area contributed by atoms with Crippen molar-refractivity contribution < 1.29 is 8.85 Å². The van der Waals surface area contributed by atoms with Gasteiger partial charge in [0.1, 0.15) is 0 Å². The maximum Gasteiger partial charge on any atom is 0.343 e. The van der Waals surface area contributed by atoms with Crippen molar-refractivity contribution in [2.45, 2.75) is 97.1 Å². The van der Waals surface area contributed by atoms with Crippen molar-refractivity contribution >= 4 is 8.56 Å². The Hall–Kier alpha value is 0.137. The van der Waals surface area contributed by atoms with Crippen LogP contribution in [0.3, 0.4) is 0 Å². The molecular formula is C18H40O2Si. The van der Waals surface area contributed by atoms with E-state index in [-0.39, 0.29) is 5.04 Å². The van der Waals surface area contributed by atoms with Gasteiger partial charge in [0, 0.05) is 19.3 Å². The first-order valence-corrected chi connectivity index (χ1v) is 11.0. The summed E-state index contributed by atoms with van der Waals surface area (Å²) in [7, 11) is 1.59. The van der Waals surface area contributed by atoms with Crippen LogP contribution < -0.4 is 0 Å². The van der Waals surface area contributed by atoms with Crippen LogP contribution in [0.1, 0.15) is 86.0 Å². The number of hydrogen-bond donors (Lipinski definition) is 0.